The number of rotatable bonds is 5. The molecule has 1 aliphatic heterocycles. The van der Waals surface area contributed by atoms with E-state index in [1.165, 1.54) is 6.07 Å². The number of halogens is 1. The Balaban J connectivity index is 1.76. The quantitative estimate of drug-likeness (QED) is 0.492. The number of nitrogens with zero attached hydrogens (tertiary/aromatic N) is 1. The second-order valence-corrected chi connectivity index (χ2v) is 7.07. The zero-order valence-corrected chi connectivity index (χ0v) is 16.9. The number of hydrogen-bond donors (Lipinski definition) is 0. The van der Waals surface area contributed by atoms with Crippen molar-refractivity contribution in [3.63, 3.8) is 0 Å². The van der Waals surface area contributed by atoms with Gasteiger partial charge in [-0.2, -0.15) is 0 Å². The zero-order chi connectivity index (χ0) is 21.1. The average Bonchev–Trinajstić information content (AvgIpc) is 3.08. The third-order valence-corrected chi connectivity index (χ3v) is 4.97. The smallest absolute Gasteiger partial charge is 0.262 e. The van der Waals surface area contributed by atoms with Crippen LogP contribution >= 0.6 is 0 Å². The fourth-order valence-electron chi connectivity index (χ4n) is 3.47. The normalized spacial score (nSPS) is 14.9. The molecular formula is C26H22FNO2. The van der Waals surface area contributed by atoms with Crippen LogP contribution in [-0.2, 0) is 4.79 Å². The Morgan fingerprint density at radius 3 is 2.40 bits per heavy atom. The number of ether oxygens (including phenoxy) is 1. The van der Waals surface area contributed by atoms with Crippen LogP contribution in [0.4, 0.5) is 10.1 Å². The van der Waals surface area contributed by atoms with Crippen LogP contribution in [0.5, 0.6) is 5.75 Å². The number of aryl methyl sites for hydroxylation is 1. The predicted octanol–water partition coefficient (Wildman–Crippen LogP) is 6.00. The van der Waals surface area contributed by atoms with E-state index >= 15 is 0 Å². The molecule has 0 bridgehead atoms. The molecule has 4 heteroatoms. The van der Waals surface area contributed by atoms with Crippen LogP contribution < -0.4 is 9.64 Å². The van der Waals surface area contributed by atoms with Crippen LogP contribution in [0.25, 0.3) is 11.8 Å². The molecule has 0 N–H and O–H groups in total. The summed E-state index contributed by atoms with van der Waals surface area (Å²) in [5.41, 5.74) is 4.30. The summed E-state index contributed by atoms with van der Waals surface area (Å²) >= 11 is 0. The van der Waals surface area contributed by atoms with Gasteiger partial charge in [0, 0.05) is 11.3 Å². The van der Waals surface area contributed by atoms with Gasteiger partial charge in [-0.05, 0) is 73.0 Å². The van der Waals surface area contributed by atoms with Gasteiger partial charge in [-0.15, -0.1) is 0 Å². The number of carbonyl (C=O) groups excluding carboxylic acids is 1. The van der Waals surface area contributed by atoms with Gasteiger partial charge in [0.1, 0.15) is 11.6 Å². The molecule has 3 aromatic carbocycles. The lowest BCUT2D eigenvalue weighted by atomic mass is 10.1. The van der Waals surface area contributed by atoms with Gasteiger partial charge in [-0.3, -0.25) is 9.69 Å². The summed E-state index contributed by atoms with van der Waals surface area (Å²) < 4.78 is 19.3. The molecule has 0 saturated heterocycles. The van der Waals surface area contributed by atoms with Crippen molar-refractivity contribution in [1.29, 1.82) is 0 Å². The monoisotopic (exact) mass is 399 g/mol. The van der Waals surface area contributed by atoms with Gasteiger partial charge in [-0.25, -0.2) is 4.39 Å². The number of carbonyl (C=O) groups is 1. The molecule has 0 aliphatic carbocycles. The highest BCUT2D eigenvalue weighted by atomic mass is 19.1. The zero-order valence-electron chi connectivity index (χ0n) is 16.9. The van der Waals surface area contributed by atoms with Crippen LogP contribution in [0.2, 0.25) is 0 Å². The maximum absolute atomic E-state index is 13.8. The maximum atomic E-state index is 13.8. The first-order valence-electron chi connectivity index (χ1n) is 9.89. The van der Waals surface area contributed by atoms with E-state index in [1.807, 2.05) is 73.7 Å². The molecule has 150 valence electrons. The number of benzene rings is 3. The highest BCUT2D eigenvalue weighted by molar-refractivity contribution is 6.23. The summed E-state index contributed by atoms with van der Waals surface area (Å²) in [7, 11) is 0. The largest absolute Gasteiger partial charge is 0.494 e. The lowest BCUT2D eigenvalue weighted by molar-refractivity contribution is -0.113. The second-order valence-electron chi connectivity index (χ2n) is 7.07. The summed E-state index contributed by atoms with van der Waals surface area (Å²) in [5.74, 6) is 0.357. The Morgan fingerprint density at radius 1 is 1.00 bits per heavy atom. The number of anilines is 1. The van der Waals surface area contributed by atoms with Gasteiger partial charge in [-0.1, -0.05) is 42.5 Å². The van der Waals surface area contributed by atoms with Crippen LogP contribution in [0, 0.1) is 12.7 Å². The predicted molar refractivity (Wildman–Crippen MR) is 119 cm³/mol. The minimum absolute atomic E-state index is 0.145. The van der Waals surface area contributed by atoms with Gasteiger partial charge >= 0.3 is 0 Å². The third kappa shape index (κ3) is 3.90. The fraction of sp³-hybridized carbons (Fsp3) is 0.115. The van der Waals surface area contributed by atoms with Crippen LogP contribution in [-0.4, -0.2) is 12.5 Å². The number of amides is 1. The minimum Gasteiger partial charge on any atom is -0.494 e. The first-order chi connectivity index (χ1) is 14.6. The molecule has 3 nitrogen and oxygen atoms in total. The SMILES string of the molecule is CCOc1ccc(/C=C2\C=C(c3ccccc3)N(c3ccc(F)c(C)c3)C2=O)cc1. The van der Waals surface area contributed by atoms with E-state index in [9.17, 15) is 9.18 Å². The molecule has 0 spiro atoms. The Bertz CT molecular complexity index is 1130. The van der Waals surface area contributed by atoms with Gasteiger partial charge in [0.15, 0.2) is 0 Å². The highest BCUT2D eigenvalue weighted by Crippen LogP contribution is 2.35. The Kier molecular flexibility index (Phi) is 5.48. The van der Waals surface area contributed by atoms with E-state index in [4.69, 9.17) is 4.74 Å². The molecule has 1 heterocycles. The van der Waals surface area contributed by atoms with Gasteiger partial charge in [0.2, 0.25) is 0 Å². The average molecular weight is 399 g/mol. The summed E-state index contributed by atoms with van der Waals surface area (Å²) in [6.45, 7) is 4.24. The van der Waals surface area contributed by atoms with Crippen LogP contribution in [0.3, 0.4) is 0 Å². The van der Waals surface area contributed by atoms with Crippen molar-refractivity contribution < 1.29 is 13.9 Å². The van der Waals surface area contributed by atoms with E-state index in [0.717, 1.165) is 22.6 Å². The van der Waals surface area contributed by atoms with E-state index in [0.29, 0.717) is 23.4 Å². The van der Waals surface area contributed by atoms with E-state index in [2.05, 4.69) is 0 Å². The molecular weight excluding hydrogens is 377 g/mol. The van der Waals surface area contributed by atoms with Crippen LogP contribution in [0.15, 0.2) is 84.4 Å². The number of hydrogen-bond acceptors (Lipinski definition) is 2. The molecule has 0 saturated carbocycles. The molecule has 1 aliphatic rings. The van der Waals surface area contributed by atoms with Crippen LogP contribution in [0.1, 0.15) is 23.6 Å². The van der Waals surface area contributed by atoms with Crippen molar-refractivity contribution in [2.75, 3.05) is 11.5 Å². The summed E-state index contributed by atoms with van der Waals surface area (Å²) in [6, 6.07) is 22.1. The third-order valence-electron chi connectivity index (χ3n) is 4.97. The first kappa shape index (κ1) is 19.6. The van der Waals surface area contributed by atoms with Crippen molar-refractivity contribution in [3.8, 4) is 5.75 Å². The molecule has 4 rings (SSSR count). The van der Waals surface area contributed by atoms with Crippen molar-refractivity contribution >= 4 is 23.4 Å². The molecule has 1 amide bonds. The first-order valence-corrected chi connectivity index (χ1v) is 9.89. The van der Waals surface area contributed by atoms with Gasteiger partial charge in [0.25, 0.3) is 5.91 Å². The van der Waals surface area contributed by atoms with Crippen molar-refractivity contribution in [1.82, 2.24) is 0 Å². The highest BCUT2D eigenvalue weighted by Gasteiger charge is 2.30. The lowest BCUT2D eigenvalue weighted by Gasteiger charge is -2.21. The summed E-state index contributed by atoms with van der Waals surface area (Å²) in [5, 5.41) is 0. The van der Waals surface area contributed by atoms with E-state index in [1.54, 1.807) is 24.0 Å². The van der Waals surface area contributed by atoms with Crippen molar-refractivity contribution in [3.05, 3.63) is 107 Å². The minimum atomic E-state index is -0.291. The van der Waals surface area contributed by atoms with Crippen molar-refractivity contribution in [2.24, 2.45) is 0 Å². The standard InChI is InChI=1S/C26H22FNO2/c1-3-30-23-12-9-19(10-13-23)16-21-17-25(20-7-5-4-6-8-20)28(26(21)29)22-11-14-24(27)18(2)15-22/h4-17H,3H2,1-2H3/b21-16+. The molecule has 3 aromatic rings. The molecule has 0 radical (unpaired) electrons. The summed E-state index contributed by atoms with van der Waals surface area (Å²) in [6.07, 6.45) is 3.74. The fourth-order valence-corrected chi connectivity index (χ4v) is 3.47. The van der Waals surface area contributed by atoms with Gasteiger partial charge < -0.3 is 4.74 Å². The maximum Gasteiger partial charge on any atom is 0.262 e. The topological polar surface area (TPSA) is 29.5 Å². The Labute approximate surface area is 175 Å². The molecule has 0 fully saturated rings. The van der Waals surface area contributed by atoms with E-state index < -0.39 is 0 Å². The molecule has 30 heavy (non-hydrogen) atoms. The lowest BCUT2D eigenvalue weighted by Crippen LogP contribution is -2.25. The molecule has 0 unspecified atom stereocenters. The van der Waals surface area contributed by atoms with Gasteiger partial charge in [0.05, 0.1) is 12.3 Å². The molecule has 0 aromatic heterocycles. The summed E-state index contributed by atoms with van der Waals surface area (Å²) in [4.78, 5) is 15.0. The van der Waals surface area contributed by atoms with Crippen molar-refractivity contribution in [2.45, 2.75) is 13.8 Å². The Hall–Kier alpha value is -3.66. The Morgan fingerprint density at radius 2 is 1.73 bits per heavy atom. The second kappa shape index (κ2) is 8.37. The molecule has 0 atom stereocenters. The van der Waals surface area contributed by atoms with E-state index in [-0.39, 0.29) is 11.7 Å².